The maximum atomic E-state index is 11.2. The lowest BCUT2D eigenvalue weighted by molar-refractivity contribution is 0.0686. The van der Waals surface area contributed by atoms with Crippen LogP contribution in [0, 0.1) is 12.3 Å². The molecule has 2 N–H and O–H groups in total. The zero-order chi connectivity index (χ0) is 21.5. The molecule has 0 atom stereocenters. The third-order valence-corrected chi connectivity index (χ3v) is 5.06. The van der Waals surface area contributed by atoms with Gasteiger partial charge in [0.1, 0.15) is 0 Å². The largest absolute Gasteiger partial charge is 0.478 e. The molecule has 30 heavy (non-hydrogen) atoms. The molecule has 4 heteroatoms. The van der Waals surface area contributed by atoms with Gasteiger partial charge in [-0.2, -0.15) is 0 Å². The maximum Gasteiger partial charge on any atom is 0.335 e. The van der Waals surface area contributed by atoms with Crippen molar-refractivity contribution < 1.29 is 19.8 Å². The van der Waals surface area contributed by atoms with E-state index in [-0.39, 0.29) is 11.1 Å². The molecule has 3 aromatic rings. The first-order valence-corrected chi connectivity index (χ1v) is 9.74. The van der Waals surface area contributed by atoms with Gasteiger partial charge >= 0.3 is 11.9 Å². The highest BCUT2D eigenvalue weighted by Gasteiger charge is 2.13. The number of hydrogen-bond acceptors (Lipinski definition) is 2. The molecule has 4 nitrogen and oxygen atoms in total. The average Bonchev–Trinajstić information content (AvgIpc) is 2.77. The van der Waals surface area contributed by atoms with E-state index in [1.165, 1.54) is 0 Å². The predicted molar refractivity (Wildman–Crippen MR) is 118 cm³/mol. The van der Waals surface area contributed by atoms with Crippen LogP contribution < -0.4 is 0 Å². The summed E-state index contributed by atoms with van der Waals surface area (Å²) in [6, 6.07) is 19.7. The molecule has 0 amide bonds. The Morgan fingerprint density at radius 1 is 0.733 bits per heavy atom. The van der Waals surface area contributed by atoms with Crippen molar-refractivity contribution in [1.29, 1.82) is 0 Å². The zero-order valence-electron chi connectivity index (χ0n) is 16.5. The molecule has 0 aliphatic rings. The van der Waals surface area contributed by atoms with Crippen molar-refractivity contribution in [2.24, 2.45) is 0 Å². The van der Waals surface area contributed by atoms with Crippen LogP contribution in [0.4, 0.5) is 0 Å². The molecule has 0 heterocycles. The SMILES string of the molecule is C#CCCCCc1c(-c2ccc(C(=O)O)cc2)cccc1-c1ccc(C(=O)O)cc1. The van der Waals surface area contributed by atoms with Crippen LogP contribution in [0.25, 0.3) is 22.3 Å². The topological polar surface area (TPSA) is 74.6 Å². The Hall–Kier alpha value is -3.84. The van der Waals surface area contributed by atoms with E-state index in [2.05, 4.69) is 5.92 Å². The number of carboxylic acid groups (broad SMARTS) is 2. The molecule has 0 unspecified atom stereocenters. The summed E-state index contributed by atoms with van der Waals surface area (Å²) in [7, 11) is 0. The van der Waals surface area contributed by atoms with Crippen molar-refractivity contribution in [2.75, 3.05) is 0 Å². The normalized spacial score (nSPS) is 10.4. The molecule has 3 rings (SSSR count). The van der Waals surface area contributed by atoms with E-state index in [1.807, 2.05) is 42.5 Å². The quantitative estimate of drug-likeness (QED) is 0.373. The first kappa shape index (κ1) is 20.9. The van der Waals surface area contributed by atoms with E-state index in [0.717, 1.165) is 53.5 Å². The van der Waals surface area contributed by atoms with Crippen LogP contribution >= 0.6 is 0 Å². The maximum absolute atomic E-state index is 11.2. The minimum absolute atomic E-state index is 0.245. The van der Waals surface area contributed by atoms with E-state index in [4.69, 9.17) is 16.6 Å². The van der Waals surface area contributed by atoms with Crippen LogP contribution in [-0.4, -0.2) is 22.2 Å². The standard InChI is InChI=1S/C26H22O4/c1-2-3-4-5-7-24-22(18-10-14-20(15-11-18)25(27)28)8-6-9-23(24)19-12-16-21(17-13-19)26(29)30/h1,6,8-17H,3-5,7H2,(H,27,28)(H,29,30). The number of hydrogen-bond donors (Lipinski definition) is 2. The van der Waals surface area contributed by atoms with Gasteiger partial charge in [-0.1, -0.05) is 42.5 Å². The summed E-state index contributed by atoms with van der Waals surface area (Å²) in [5.74, 6) is 0.758. The molecular formula is C26H22O4. The summed E-state index contributed by atoms with van der Waals surface area (Å²) in [6.45, 7) is 0. The van der Waals surface area contributed by atoms with Gasteiger partial charge in [0.05, 0.1) is 11.1 Å². The van der Waals surface area contributed by atoms with Gasteiger partial charge in [0.2, 0.25) is 0 Å². The monoisotopic (exact) mass is 398 g/mol. The molecule has 0 radical (unpaired) electrons. The van der Waals surface area contributed by atoms with Gasteiger partial charge < -0.3 is 10.2 Å². The summed E-state index contributed by atoms with van der Waals surface area (Å²) in [4.78, 5) is 22.4. The van der Waals surface area contributed by atoms with Gasteiger partial charge in [-0.25, -0.2) is 9.59 Å². The molecule has 0 spiro atoms. The number of unbranched alkanes of at least 4 members (excludes halogenated alkanes) is 2. The van der Waals surface area contributed by atoms with Crippen molar-refractivity contribution in [2.45, 2.75) is 25.7 Å². The van der Waals surface area contributed by atoms with Gasteiger partial charge in [-0.05, 0) is 71.3 Å². The average molecular weight is 398 g/mol. The molecule has 0 aliphatic heterocycles. The predicted octanol–water partition coefficient (Wildman–Crippen LogP) is 5.76. The highest BCUT2D eigenvalue weighted by molar-refractivity contribution is 5.90. The Balaban J connectivity index is 2.05. The lowest BCUT2D eigenvalue weighted by atomic mass is 9.88. The van der Waals surface area contributed by atoms with Crippen LogP contribution in [0.15, 0.2) is 66.7 Å². The number of carboxylic acids is 2. The van der Waals surface area contributed by atoms with Crippen LogP contribution in [0.1, 0.15) is 45.5 Å². The second-order valence-electron chi connectivity index (χ2n) is 7.01. The van der Waals surface area contributed by atoms with Crippen LogP contribution in [0.2, 0.25) is 0 Å². The van der Waals surface area contributed by atoms with E-state index < -0.39 is 11.9 Å². The minimum atomic E-state index is -0.955. The van der Waals surface area contributed by atoms with Crippen molar-refractivity contribution in [3.05, 3.63) is 83.4 Å². The number of rotatable bonds is 8. The van der Waals surface area contributed by atoms with Gasteiger partial charge in [0.25, 0.3) is 0 Å². The van der Waals surface area contributed by atoms with Crippen molar-refractivity contribution in [3.8, 4) is 34.6 Å². The summed E-state index contributed by atoms with van der Waals surface area (Å²) >= 11 is 0. The van der Waals surface area contributed by atoms with E-state index >= 15 is 0 Å². The summed E-state index contributed by atoms with van der Waals surface area (Å²) in [6.07, 6.45) is 8.76. The van der Waals surface area contributed by atoms with Crippen LogP contribution in [0.3, 0.4) is 0 Å². The molecule has 0 fully saturated rings. The lowest BCUT2D eigenvalue weighted by Gasteiger charge is -2.16. The molecule has 0 aliphatic carbocycles. The van der Waals surface area contributed by atoms with Crippen molar-refractivity contribution in [3.63, 3.8) is 0 Å². The van der Waals surface area contributed by atoms with Crippen molar-refractivity contribution in [1.82, 2.24) is 0 Å². The summed E-state index contributed by atoms with van der Waals surface area (Å²) < 4.78 is 0. The van der Waals surface area contributed by atoms with Crippen LogP contribution in [0.5, 0.6) is 0 Å². The first-order chi connectivity index (χ1) is 14.5. The number of carbonyl (C=O) groups is 2. The Morgan fingerprint density at radius 3 is 1.60 bits per heavy atom. The lowest BCUT2D eigenvalue weighted by Crippen LogP contribution is -1.98. The number of benzene rings is 3. The second-order valence-corrected chi connectivity index (χ2v) is 7.01. The van der Waals surface area contributed by atoms with Gasteiger partial charge in [-0.15, -0.1) is 12.3 Å². The summed E-state index contributed by atoms with van der Waals surface area (Å²) in [5.41, 5.74) is 5.58. The number of terminal acetylenes is 1. The fourth-order valence-corrected chi connectivity index (χ4v) is 3.51. The van der Waals surface area contributed by atoms with E-state index in [1.54, 1.807) is 24.3 Å². The smallest absolute Gasteiger partial charge is 0.335 e. The first-order valence-electron chi connectivity index (χ1n) is 9.74. The van der Waals surface area contributed by atoms with Gasteiger partial charge in [0, 0.05) is 6.42 Å². The van der Waals surface area contributed by atoms with Gasteiger partial charge in [-0.3, -0.25) is 0 Å². The molecule has 0 bridgehead atoms. The fraction of sp³-hybridized carbons (Fsp3) is 0.154. The Kier molecular flexibility index (Phi) is 6.67. The van der Waals surface area contributed by atoms with Crippen molar-refractivity contribution >= 4 is 11.9 Å². The van der Waals surface area contributed by atoms with Crippen LogP contribution in [-0.2, 0) is 6.42 Å². The summed E-state index contributed by atoms with van der Waals surface area (Å²) in [5, 5.41) is 18.3. The minimum Gasteiger partial charge on any atom is -0.478 e. The van der Waals surface area contributed by atoms with Gasteiger partial charge in [0.15, 0.2) is 0 Å². The Bertz CT molecular complexity index is 1010. The molecular weight excluding hydrogens is 376 g/mol. The number of aromatic carboxylic acids is 2. The second kappa shape index (κ2) is 9.58. The zero-order valence-corrected chi connectivity index (χ0v) is 16.5. The van der Waals surface area contributed by atoms with E-state index in [0.29, 0.717) is 0 Å². The highest BCUT2D eigenvalue weighted by Crippen LogP contribution is 2.34. The fourth-order valence-electron chi connectivity index (χ4n) is 3.51. The molecule has 3 aromatic carbocycles. The molecule has 0 aromatic heterocycles. The molecule has 0 saturated carbocycles. The third kappa shape index (κ3) is 4.76. The molecule has 150 valence electrons. The highest BCUT2D eigenvalue weighted by atomic mass is 16.4. The Labute approximate surface area is 175 Å². The Morgan fingerprint density at radius 2 is 1.20 bits per heavy atom. The third-order valence-electron chi connectivity index (χ3n) is 5.06. The van der Waals surface area contributed by atoms with E-state index in [9.17, 15) is 9.59 Å². The molecule has 0 saturated heterocycles.